The van der Waals surface area contributed by atoms with Gasteiger partial charge in [0.15, 0.2) is 0 Å². The molecule has 4 heteroatoms. The average molecular weight is 288 g/mol. The van der Waals surface area contributed by atoms with E-state index in [0.717, 1.165) is 16.9 Å². The lowest BCUT2D eigenvalue weighted by Crippen LogP contribution is -1.99. The Bertz CT molecular complexity index is 632. The quantitative estimate of drug-likeness (QED) is 0.639. The van der Waals surface area contributed by atoms with Gasteiger partial charge in [-0.3, -0.25) is 4.98 Å². The van der Waals surface area contributed by atoms with Crippen LogP contribution < -0.4 is 9.47 Å². The molecule has 0 spiro atoms. The van der Waals surface area contributed by atoms with Crippen LogP contribution in [0.15, 0.2) is 42.7 Å². The van der Waals surface area contributed by atoms with Crippen molar-refractivity contribution in [3.8, 4) is 23.3 Å². The highest BCUT2D eigenvalue weighted by atomic mass is 35.5. The van der Waals surface area contributed by atoms with Crippen molar-refractivity contribution in [1.82, 2.24) is 4.98 Å². The Morgan fingerprint density at radius 2 is 2.10 bits per heavy atom. The van der Waals surface area contributed by atoms with Gasteiger partial charge in [-0.2, -0.15) is 0 Å². The van der Waals surface area contributed by atoms with Crippen LogP contribution in [0.25, 0.3) is 0 Å². The molecule has 2 rings (SSSR count). The van der Waals surface area contributed by atoms with Gasteiger partial charge in [-0.15, -0.1) is 11.6 Å². The first-order valence-corrected chi connectivity index (χ1v) is 6.61. The molecule has 1 heterocycles. The van der Waals surface area contributed by atoms with Gasteiger partial charge < -0.3 is 9.47 Å². The highest BCUT2D eigenvalue weighted by Gasteiger charge is 2.03. The maximum absolute atomic E-state index is 5.71. The number of halogens is 1. The summed E-state index contributed by atoms with van der Waals surface area (Å²) >= 11 is 5.53. The van der Waals surface area contributed by atoms with Crippen molar-refractivity contribution in [3.63, 3.8) is 0 Å². The van der Waals surface area contributed by atoms with E-state index in [4.69, 9.17) is 21.1 Å². The lowest BCUT2D eigenvalue weighted by atomic mass is 10.2. The number of para-hydroxylation sites is 1. The van der Waals surface area contributed by atoms with Gasteiger partial charge in [-0.05, 0) is 12.1 Å². The number of methoxy groups -OCH3 is 1. The van der Waals surface area contributed by atoms with Crippen molar-refractivity contribution in [1.29, 1.82) is 0 Å². The van der Waals surface area contributed by atoms with E-state index < -0.39 is 0 Å². The van der Waals surface area contributed by atoms with Crippen molar-refractivity contribution >= 4 is 11.6 Å². The molecule has 0 aliphatic heterocycles. The van der Waals surface area contributed by atoms with Gasteiger partial charge in [-0.1, -0.05) is 30.0 Å². The Morgan fingerprint density at radius 1 is 1.25 bits per heavy atom. The molecule has 3 nitrogen and oxygen atoms in total. The van der Waals surface area contributed by atoms with E-state index >= 15 is 0 Å². The van der Waals surface area contributed by atoms with Crippen molar-refractivity contribution in [2.75, 3.05) is 13.0 Å². The summed E-state index contributed by atoms with van der Waals surface area (Å²) in [6, 6.07) is 9.57. The van der Waals surface area contributed by atoms with Crippen LogP contribution in [0.1, 0.15) is 11.1 Å². The molecule has 0 atom stereocenters. The minimum Gasteiger partial charge on any atom is -0.496 e. The smallest absolute Gasteiger partial charge is 0.139 e. The summed E-state index contributed by atoms with van der Waals surface area (Å²) in [4.78, 5) is 4.09. The molecule has 102 valence electrons. The van der Waals surface area contributed by atoms with Crippen LogP contribution in [0.2, 0.25) is 0 Å². The molecule has 0 fully saturated rings. The van der Waals surface area contributed by atoms with Crippen LogP contribution in [0.3, 0.4) is 0 Å². The first-order valence-electron chi connectivity index (χ1n) is 6.08. The SMILES string of the molecule is COc1ccccc1COc1cncc(C#CCCl)c1. The summed E-state index contributed by atoms with van der Waals surface area (Å²) in [5.74, 6) is 7.46. The van der Waals surface area contributed by atoms with Gasteiger partial charge in [0, 0.05) is 17.3 Å². The molecule has 0 radical (unpaired) electrons. The second-order valence-corrected chi connectivity index (χ2v) is 4.21. The van der Waals surface area contributed by atoms with Crippen LogP contribution in [0.5, 0.6) is 11.5 Å². The minimum absolute atomic E-state index is 0.298. The number of hydrogen-bond acceptors (Lipinski definition) is 3. The molecule has 1 aromatic carbocycles. The second-order valence-electron chi connectivity index (χ2n) is 3.95. The molecule has 0 aliphatic carbocycles. The van der Waals surface area contributed by atoms with E-state index in [0.29, 0.717) is 18.2 Å². The third kappa shape index (κ3) is 3.91. The summed E-state index contributed by atoms with van der Waals surface area (Å²) in [5.41, 5.74) is 1.76. The summed E-state index contributed by atoms with van der Waals surface area (Å²) in [7, 11) is 1.64. The zero-order valence-electron chi connectivity index (χ0n) is 11.1. The molecule has 0 amide bonds. The van der Waals surface area contributed by atoms with Crippen molar-refractivity contribution in [2.45, 2.75) is 6.61 Å². The molecule has 0 aliphatic rings. The van der Waals surface area contributed by atoms with Gasteiger partial charge in [0.05, 0.1) is 19.2 Å². The number of benzene rings is 1. The van der Waals surface area contributed by atoms with Crippen molar-refractivity contribution in [3.05, 3.63) is 53.9 Å². The molecular formula is C16H14ClNO2. The Morgan fingerprint density at radius 3 is 2.90 bits per heavy atom. The number of nitrogens with zero attached hydrogens (tertiary/aromatic N) is 1. The van der Waals surface area contributed by atoms with Gasteiger partial charge in [0.1, 0.15) is 18.1 Å². The number of aromatic nitrogens is 1. The molecular weight excluding hydrogens is 274 g/mol. The summed E-state index contributed by atoms with van der Waals surface area (Å²) in [6.45, 7) is 0.415. The topological polar surface area (TPSA) is 31.4 Å². The summed E-state index contributed by atoms with van der Waals surface area (Å²) in [6.07, 6.45) is 3.33. The van der Waals surface area contributed by atoms with E-state index in [1.54, 1.807) is 19.5 Å². The van der Waals surface area contributed by atoms with Gasteiger partial charge >= 0.3 is 0 Å². The second kappa shape index (κ2) is 7.42. The fraction of sp³-hybridized carbons (Fsp3) is 0.188. The maximum atomic E-state index is 5.71. The van der Waals surface area contributed by atoms with Gasteiger partial charge in [-0.25, -0.2) is 0 Å². The zero-order chi connectivity index (χ0) is 14.2. The Balaban J connectivity index is 2.07. The lowest BCUT2D eigenvalue weighted by Gasteiger charge is -2.09. The first kappa shape index (κ1) is 14.2. The van der Waals surface area contributed by atoms with Crippen LogP contribution in [0, 0.1) is 11.8 Å². The predicted molar refractivity (Wildman–Crippen MR) is 79.2 cm³/mol. The fourth-order valence-corrected chi connectivity index (χ4v) is 1.75. The molecule has 1 aromatic heterocycles. The Hall–Kier alpha value is -2.18. The molecule has 2 aromatic rings. The largest absolute Gasteiger partial charge is 0.496 e. The predicted octanol–water partition coefficient (Wildman–Crippen LogP) is 3.26. The third-order valence-corrected chi connectivity index (χ3v) is 2.73. The molecule has 20 heavy (non-hydrogen) atoms. The van der Waals surface area contributed by atoms with Gasteiger partial charge in [0.2, 0.25) is 0 Å². The normalized spacial score (nSPS) is 9.50. The van der Waals surface area contributed by atoms with E-state index in [1.165, 1.54) is 0 Å². The molecule has 0 unspecified atom stereocenters. The van der Waals surface area contributed by atoms with Crippen molar-refractivity contribution < 1.29 is 9.47 Å². The zero-order valence-corrected chi connectivity index (χ0v) is 11.9. The first-order chi connectivity index (χ1) is 9.83. The fourth-order valence-electron chi connectivity index (χ4n) is 1.68. The van der Waals surface area contributed by atoms with Crippen molar-refractivity contribution in [2.24, 2.45) is 0 Å². The number of pyridine rings is 1. The number of alkyl halides is 1. The number of rotatable bonds is 4. The van der Waals surface area contributed by atoms with E-state index in [9.17, 15) is 0 Å². The maximum Gasteiger partial charge on any atom is 0.139 e. The van der Waals surface area contributed by atoms with Crippen LogP contribution in [0.4, 0.5) is 0 Å². The van der Waals surface area contributed by atoms with E-state index in [1.807, 2.05) is 30.3 Å². The monoisotopic (exact) mass is 287 g/mol. The Labute approximate surface area is 123 Å². The molecule has 0 bridgehead atoms. The van der Waals surface area contributed by atoms with E-state index in [2.05, 4.69) is 16.8 Å². The number of ether oxygens (including phenoxy) is 2. The van der Waals surface area contributed by atoms with Crippen LogP contribution in [-0.2, 0) is 6.61 Å². The molecule has 0 saturated carbocycles. The highest BCUT2D eigenvalue weighted by molar-refractivity contribution is 6.19. The van der Waals surface area contributed by atoms with Gasteiger partial charge in [0.25, 0.3) is 0 Å². The summed E-state index contributed by atoms with van der Waals surface area (Å²) in [5, 5.41) is 0. The molecule has 0 saturated heterocycles. The number of hydrogen-bond donors (Lipinski definition) is 0. The highest BCUT2D eigenvalue weighted by Crippen LogP contribution is 2.20. The minimum atomic E-state index is 0.298. The lowest BCUT2D eigenvalue weighted by molar-refractivity contribution is 0.295. The van der Waals surface area contributed by atoms with E-state index in [-0.39, 0.29) is 0 Å². The standard InChI is InChI=1S/C16H14ClNO2/c1-19-16-7-3-2-6-14(16)12-20-15-9-13(5-4-8-17)10-18-11-15/h2-3,6-7,9-11H,8,12H2,1H3. The molecule has 0 N–H and O–H groups in total. The Kier molecular flexibility index (Phi) is 5.28. The summed E-state index contributed by atoms with van der Waals surface area (Å²) < 4.78 is 11.0. The average Bonchev–Trinajstić information content (AvgIpc) is 2.51. The van der Waals surface area contributed by atoms with Crippen LogP contribution in [-0.4, -0.2) is 18.0 Å². The van der Waals surface area contributed by atoms with Crippen LogP contribution >= 0.6 is 11.6 Å². The third-order valence-electron chi connectivity index (χ3n) is 2.60.